The minimum absolute atomic E-state index is 0.116. The molecule has 76 valence electrons. The quantitative estimate of drug-likeness (QED) is 0.627. The molecule has 0 N–H and O–H groups in total. The van der Waals surface area contributed by atoms with Gasteiger partial charge < -0.3 is 0 Å². The molecule has 1 nitrogen and oxygen atoms in total. The molecule has 0 aromatic heterocycles. The molecule has 0 aromatic carbocycles. The fourth-order valence-corrected chi connectivity index (χ4v) is 2.71. The van der Waals surface area contributed by atoms with Crippen molar-refractivity contribution >= 4 is 16.8 Å². The number of halogens is 1. The molecule has 13 heavy (non-hydrogen) atoms. The molecule has 0 unspecified atom stereocenters. The predicted octanol–water partition coefficient (Wildman–Crippen LogP) is 3.46. The zero-order chi connectivity index (χ0) is 10.0. The minimum Gasteiger partial charge on any atom is -0.281 e. The molecule has 0 aromatic rings. The normalized spacial score (nSPS) is 35.0. The van der Waals surface area contributed by atoms with Gasteiger partial charge in [-0.1, -0.05) is 27.2 Å². The lowest BCUT2D eigenvalue weighted by molar-refractivity contribution is -0.119. The molecule has 1 rings (SSSR count). The van der Waals surface area contributed by atoms with Crippen LogP contribution >= 0.6 is 11.6 Å². The SMILES string of the molecule is CC(C)[C@@H]1CC[C@@H](C)C[C@@H]1C(=O)Cl. The Balaban J connectivity index is 2.66. The molecule has 0 aliphatic heterocycles. The molecular formula is C11H19ClO. The Morgan fingerprint density at radius 3 is 2.46 bits per heavy atom. The van der Waals surface area contributed by atoms with Crippen molar-refractivity contribution in [3.8, 4) is 0 Å². The van der Waals surface area contributed by atoms with Gasteiger partial charge in [0.1, 0.15) is 0 Å². The molecule has 0 amide bonds. The van der Waals surface area contributed by atoms with Crippen molar-refractivity contribution in [2.24, 2.45) is 23.7 Å². The molecule has 0 heterocycles. The Hall–Kier alpha value is -0.0400. The van der Waals surface area contributed by atoms with Gasteiger partial charge in [0.2, 0.25) is 5.24 Å². The van der Waals surface area contributed by atoms with Gasteiger partial charge >= 0.3 is 0 Å². The third-order valence-corrected chi connectivity index (χ3v) is 3.59. The van der Waals surface area contributed by atoms with Crippen molar-refractivity contribution in [2.45, 2.75) is 40.0 Å². The second-order valence-electron chi connectivity index (χ2n) is 4.74. The van der Waals surface area contributed by atoms with E-state index in [1.165, 1.54) is 12.8 Å². The van der Waals surface area contributed by atoms with Crippen LogP contribution in [0.15, 0.2) is 0 Å². The highest BCUT2D eigenvalue weighted by Crippen LogP contribution is 2.38. The average Bonchev–Trinajstić information content (AvgIpc) is 2.03. The summed E-state index contributed by atoms with van der Waals surface area (Å²) in [4.78, 5) is 11.2. The van der Waals surface area contributed by atoms with Crippen LogP contribution in [0.5, 0.6) is 0 Å². The Kier molecular flexibility index (Phi) is 3.78. The van der Waals surface area contributed by atoms with Crippen LogP contribution in [0, 0.1) is 23.7 Å². The van der Waals surface area contributed by atoms with Crippen LogP contribution in [-0.4, -0.2) is 5.24 Å². The highest BCUT2D eigenvalue weighted by atomic mass is 35.5. The van der Waals surface area contributed by atoms with Crippen molar-refractivity contribution in [1.29, 1.82) is 0 Å². The van der Waals surface area contributed by atoms with E-state index in [1.807, 2.05) is 0 Å². The van der Waals surface area contributed by atoms with Gasteiger partial charge in [-0.2, -0.15) is 0 Å². The standard InChI is InChI=1S/C11H19ClO/c1-7(2)9-5-4-8(3)6-10(9)11(12)13/h7-10H,4-6H2,1-3H3/t8-,9+,10+/m1/s1. The fraction of sp³-hybridized carbons (Fsp3) is 0.909. The molecule has 3 atom stereocenters. The zero-order valence-electron chi connectivity index (χ0n) is 8.72. The monoisotopic (exact) mass is 202 g/mol. The molecule has 0 spiro atoms. The van der Waals surface area contributed by atoms with Crippen LogP contribution in [0.1, 0.15) is 40.0 Å². The van der Waals surface area contributed by atoms with Crippen LogP contribution in [-0.2, 0) is 4.79 Å². The number of hydrogen-bond donors (Lipinski definition) is 0. The summed E-state index contributed by atoms with van der Waals surface area (Å²) < 4.78 is 0. The average molecular weight is 203 g/mol. The summed E-state index contributed by atoms with van der Waals surface area (Å²) >= 11 is 5.62. The Morgan fingerprint density at radius 2 is 2.00 bits per heavy atom. The molecule has 0 radical (unpaired) electrons. The lowest BCUT2D eigenvalue weighted by Crippen LogP contribution is -2.31. The van der Waals surface area contributed by atoms with E-state index >= 15 is 0 Å². The van der Waals surface area contributed by atoms with E-state index in [4.69, 9.17) is 11.6 Å². The van der Waals surface area contributed by atoms with Gasteiger partial charge in [-0.15, -0.1) is 0 Å². The second-order valence-corrected chi connectivity index (χ2v) is 5.11. The Bertz CT molecular complexity index is 189. The van der Waals surface area contributed by atoms with Crippen LogP contribution in [0.25, 0.3) is 0 Å². The lowest BCUT2D eigenvalue weighted by Gasteiger charge is -2.35. The molecule has 1 fully saturated rings. The zero-order valence-corrected chi connectivity index (χ0v) is 9.47. The highest BCUT2D eigenvalue weighted by Gasteiger charge is 2.34. The summed E-state index contributed by atoms with van der Waals surface area (Å²) in [5.41, 5.74) is 0. The van der Waals surface area contributed by atoms with Gasteiger partial charge in [0.25, 0.3) is 0 Å². The first-order valence-corrected chi connectivity index (χ1v) is 5.59. The molecule has 1 saturated carbocycles. The van der Waals surface area contributed by atoms with E-state index in [1.54, 1.807) is 0 Å². The maximum atomic E-state index is 11.2. The second kappa shape index (κ2) is 4.45. The smallest absolute Gasteiger partial charge is 0.225 e. The van der Waals surface area contributed by atoms with E-state index in [9.17, 15) is 4.79 Å². The largest absolute Gasteiger partial charge is 0.281 e. The lowest BCUT2D eigenvalue weighted by atomic mass is 9.71. The maximum Gasteiger partial charge on any atom is 0.225 e. The summed E-state index contributed by atoms with van der Waals surface area (Å²) in [6.45, 7) is 6.59. The van der Waals surface area contributed by atoms with Crippen LogP contribution in [0.2, 0.25) is 0 Å². The summed E-state index contributed by atoms with van der Waals surface area (Å²) in [6, 6.07) is 0. The van der Waals surface area contributed by atoms with E-state index in [0.29, 0.717) is 17.8 Å². The van der Waals surface area contributed by atoms with Gasteiger partial charge in [-0.05, 0) is 42.2 Å². The minimum atomic E-state index is -0.120. The summed E-state index contributed by atoms with van der Waals surface area (Å²) in [7, 11) is 0. The van der Waals surface area contributed by atoms with Crippen molar-refractivity contribution in [1.82, 2.24) is 0 Å². The summed E-state index contributed by atoms with van der Waals surface area (Å²) in [6.07, 6.45) is 3.41. The molecule has 1 aliphatic carbocycles. The molecular weight excluding hydrogens is 184 g/mol. The predicted molar refractivity (Wildman–Crippen MR) is 55.7 cm³/mol. The van der Waals surface area contributed by atoms with E-state index < -0.39 is 0 Å². The number of carbonyl (C=O) groups excluding carboxylic acids is 1. The third kappa shape index (κ3) is 2.70. The van der Waals surface area contributed by atoms with Crippen molar-refractivity contribution in [3.05, 3.63) is 0 Å². The highest BCUT2D eigenvalue weighted by molar-refractivity contribution is 6.64. The van der Waals surface area contributed by atoms with E-state index in [0.717, 1.165) is 6.42 Å². The Morgan fingerprint density at radius 1 is 1.38 bits per heavy atom. The van der Waals surface area contributed by atoms with Crippen LogP contribution in [0.3, 0.4) is 0 Å². The van der Waals surface area contributed by atoms with E-state index in [2.05, 4.69) is 20.8 Å². The molecule has 1 aliphatic rings. The summed E-state index contributed by atoms with van der Waals surface area (Å²) in [5.74, 6) is 1.88. The summed E-state index contributed by atoms with van der Waals surface area (Å²) in [5, 5.41) is -0.120. The van der Waals surface area contributed by atoms with Crippen LogP contribution in [0.4, 0.5) is 0 Å². The van der Waals surface area contributed by atoms with Gasteiger partial charge in [0, 0.05) is 5.92 Å². The van der Waals surface area contributed by atoms with Gasteiger partial charge in [0.15, 0.2) is 0 Å². The van der Waals surface area contributed by atoms with Crippen LogP contribution < -0.4 is 0 Å². The number of carbonyl (C=O) groups is 1. The molecule has 0 saturated heterocycles. The van der Waals surface area contributed by atoms with Gasteiger partial charge in [-0.25, -0.2) is 0 Å². The van der Waals surface area contributed by atoms with E-state index in [-0.39, 0.29) is 11.2 Å². The first-order chi connectivity index (χ1) is 6.02. The first-order valence-electron chi connectivity index (χ1n) is 5.21. The first kappa shape index (κ1) is 11.0. The topological polar surface area (TPSA) is 17.1 Å². The maximum absolute atomic E-state index is 11.2. The fourth-order valence-electron chi connectivity index (χ4n) is 2.46. The number of rotatable bonds is 2. The van der Waals surface area contributed by atoms with Gasteiger partial charge in [0.05, 0.1) is 0 Å². The van der Waals surface area contributed by atoms with Gasteiger partial charge in [-0.3, -0.25) is 4.79 Å². The number of hydrogen-bond acceptors (Lipinski definition) is 1. The third-order valence-electron chi connectivity index (χ3n) is 3.31. The Labute approximate surface area is 85.8 Å². The van der Waals surface area contributed by atoms with Crippen molar-refractivity contribution < 1.29 is 4.79 Å². The molecule has 2 heteroatoms. The van der Waals surface area contributed by atoms with Crippen molar-refractivity contribution in [2.75, 3.05) is 0 Å². The van der Waals surface area contributed by atoms with Crippen molar-refractivity contribution in [3.63, 3.8) is 0 Å². The molecule has 0 bridgehead atoms.